The Labute approximate surface area is 177 Å². The minimum absolute atomic E-state index is 0.0861. The van der Waals surface area contributed by atoms with Gasteiger partial charge in [0.15, 0.2) is 0 Å². The first-order valence-corrected chi connectivity index (χ1v) is 8.87. The quantitative estimate of drug-likeness (QED) is 0.741. The second kappa shape index (κ2) is 9.85. The van der Waals surface area contributed by atoms with Crippen LogP contribution >= 0.6 is 11.6 Å². The Morgan fingerprint density at radius 2 is 1.93 bits per heavy atom. The van der Waals surface area contributed by atoms with Crippen LogP contribution in [0.15, 0.2) is 54.5 Å². The molecule has 1 aliphatic rings. The molecule has 0 saturated carbocycles. The van der Waals surface area contributed by atoms with Gasteiger partial charge < -0.3 is 9.85 Å². The van der Waals surface area contributed by atoms with Crippen molar-refractivity contribution >= 4 is 17.6 Å². The zero-order valence-corrected chi connectivity index (χ0v) is 15.3. The average molecular weight is 398 g/mol. The summed E-state index contributed by atoms with van der Waals surface area (Å²) in [5.74, 6) is -1.44. The normalized spacial score (nSPS) is 22.0. The first-order valence-electron chi connectivity index (χ1n) is 12.9. The molecular weight excluding hydrogens is 364 g/mol. The molecule has 2 aromatic carbocycles. The number of piperazine rings is 1. The van der Waals surface area contributed by atoms with Crippen molar-refractivity contribution in [2.75, 3.05) is 45.9 Å². The number of carbonyl (C=O) groups is 1. The maximum absolute atomic E-state index is 11.3. The van der Waals surface area contributed by atoms with Crippen LogP contribution in [-0.2, 0) is 9.53 Å². The van der Waals surface area contributed by atoms with E-state index < -0.39 is 18.6 Å². The van der Waals surface area contributed by atoms with Gasteiger partial charge in [0.05, 0.1) is 23.6 Å². The van der Waals surface area contributed by atoms with E-state index in [1.54, 1.807) is 0 Å². The Bertz CT molecular complexity index is 1080. The third kappa shape index (κ3) is 5.78. The molecule has 1 saturated heterocycles. The Balaban J connectivity index is 1.85. The fourth-order valence-corrected chi connectivity index (χ4v) is 3.15. The molecule has 1 atom stereocenters. The van der Waals surface area contributed by atoms with Crippen LogP contribution in [0.4, 0.5) is 0 Å². The van der Waals surface area contributed by atoms with Gasteiger partial charge in [-0.1, -0.05) is 54.0 Å². The van der Waals surface area contributed by atoms with E-state index in [1.165, 1.54) is 18.2 Å². The van der Waals surface area contributed by atoms with Crippen LogP contribution in [0.5, 0.6) is 0 Å². The highest BCUT2D eigenvalue weighted by molar-refractivity contribution is 6.30. The van der Waals surface area contributed by atoms with Crippen LogP contribution in [-0.4, -0.2) is 66.8 Å². The van der Waals surface area contributed by atoms with Crippen LogP contribution in [0, 0.1) is 0 Å². The molecule has 1 unspecified atom stereocenters. The third-order valence-corrected chi connectivity index (χ3v) is 4.50. The van der Waals surface area contributed by atoms with Crippen molar-refractivity contribution < 1.29 is 25.6 Å². The number of rotatable bonds is 8. The highest BCUT2D eigenvalue weighted by Gasteiger charge is 2.26. The Hall–Kier alpha value is -1.92. The van der Waals surface area contributed by atoms with Crippen LogP contribution in [0.25, 0.3) is 1.43 Å². The molecule has 5 nitrogen and oxygen atoms in total. The number of ether oxygens (including phenoxy) is 1. The summed E-state index contributed by atoms with van der Waals surface area (Å²) in [5.41, 5.74) is 0.604. The minimum Gasteiger partial charge on any atom is -0.480 e. The van der Waals surface area contributed by atoms with Crippen molar-refractivity contribution in [1.82, 2.24) is 9.80 Å². The zero-order chi connectivity index (χ0) is 26.8. The Morgan fingerprint density at radius 3 is 2.59 bits per heavy atom. The van der Waals surface area contributed by atoms with E-state index in [2.05, 4.69) is 5.11 Å². The SMILES string of the molecule is [2H]OC(=O)C([2H])([2H])OCCN1CCN(C(c2cc([2H])cc([2H])c2)c2c([2H])c([2H])c(Cl)c([2H])c2[2H])CC1. The fourth-order valence-electron chi connectivity index (χ4n) is 3.06. The molecule has 0 aromatic heterocycles. The van der Waals surface area contributed by atoms with Crippen molar-refractivity contribution in [1.29, 1.82) is 1.43 Å². The largest absolute Gasteiger partial charge is 0.480 e. The average Bonchev–Trinajstić information content (AvgIpc) is 2.83. The van der Waals surface area contributed by atoms with Gasteiger partial charge in [0.25, 0.3) is 1.43 Å². The molecule has 6 heteroatoms. The van der Waals surface area contributed by atoms with Gasteiger partial charge in [-0.15, -0.1) is 0 Å². The highest BCUT2D eigenvalue weighted by Crippen LogP contribution is 2.30. The fraction of sp³-hybridized carbons (Fsp3) is 0.381. The molecule has 1 heterocycles. The standard InChI is InChI=1S/C21H25ClN2O3/c22-19-8-6-18(7-9-19)21(17-4-2-1-3-5-17)24-12-10-23(11-13-24)14-15-27-16-20(25)26/h1-9,21H,10-16H2,(H,25,26)/i2D,3D,6D,7D,8D,9D,16D2/hD. The van der Waals surface area contributed by atoms with Crippen LogP contribution in [0.1, 0.15) is 28.1 Å². The summed E-state index contributed by atoms with van der Waals surface area (Å²) >= 11 is 6.00. The monoisotopic (exact) mass is 397 g/mol. The molecule has 1 aliphatic heterocycles. The number of carboxylic acids is 1. The van der Waals surface area contributed by atoms with E-state index >= 15 is 0 Å². The molecule has 1 N–H and O–H groups in total. The van der Waals surface area contributed by atoms with Crippen LogP contribution in [0.3, 0.4) is 0 Å². The maximum Gasteiger partial charge on any atom is 0.329 e. The summed E-state index contributed by atoms with van der Waals surface area (Å²) in [6, 6.07) is 2.57. The van der Waals surface area contributed by atoms with E-state index in [-0.39, 0.29) is 53.4 Å². The van der Waals surface area contributed by atoms with E-state index in [9.17, 15) is 4.79 Å². The summed E-state index contributed by atoms with van der Waals surface area (Å²) in [6.45, 7) is -0.747. The second-order valence-electron chi connectivity index (χ2n) is 6.01. The number of benzene rings is 2. The molecular formula is C21H25ClN2O3. The first kappa shape index (κ1) is 11.2. The van der Waals surface area contributed by atoms with Gasteiger partial charge in [-0.05, 0) is 23.2 Å². The van der Waals surface area contributed by atoms with Crippen molar-refractivity contribution in [3.8, 4) is 0 Å². The summed E-state index contributed by atoms with van der Waals surface area (Å²) in [4.78, 5) is 15.2. The van der Waals surface area contributed by atoms with Crippen LogP contribution < -0.4 is 0 Å². The molecule has 2 aromatic rings. The number of aliphatic carboxylic acids is 1. The molecule has 0 amide bonds. The Kier molecular flexibility index (Phi) is 4.08. The molecule has 27 heavy (non-hydrogen) atoms. The lowest BCUT2D eigenvalue weighted by atomic mass is 9.96. The van der Waals surface area contributed by atoms with E-state index in [0.29, 0.717) is 38.3 Å². The van der Waals surface area contributed by atoms with Gasteiger partial charge in [0, 0.05) is 37.7 Å². The van der Waals surface area contributed by atoms with Gasteiger partial charge in [0.1, 0.15) is 6.56 Å². The molecule has 1 fully saturated rings. The van der Waals surface area contributed by atoms with Gasteiger partial charge in [0.2, 0.25) is 0 Å². The predicted molar refractivity (Wildman–Crippen MR) is 106 cm³/mol. The summed E-state index contributed by atoms with van der Waals surface area (Å²) in [6.07, 6.45) is 0. The number of carboxylic acid groups (broad SMARTS) is 1. The number of nitrogens with zero attached hydrogens (tertiary/aromatic N) is 2. The first-order chi connectivity index (χ1) is 16.9. The zero-order valence-electron chi connectivity index (χ0n) is 23.5. The molecule has 3 rings (SSSR count). The molecule has 0 spiro atoms. The summed E-state index contributed by atoms with van der Waals surface area (Å²) in [5, 5.41) is 3.36. The van der Waals surface area contributed by atoms with Crippen molar-refractivity contribution in [2.24, 2.45) is 0 Å². The lowest BCUT2D eigenvalue weighted by molar-refractivity contribution is -0.142. The molecule has 0 aliphatic carbocycles. The van der Waals surface area contributed by atoms with E-state index in [4.69, 9.17) is 28.7 Å². The van der Waals surface area contributed by atoms with Gasteiger partial charge in [-0.2, -0.15) is 0 Å². The topological polar surface area (TPSA) is 53.0 Å². The van der Waals surface area contributed by atoms with Crippen molar-refractivity contribution in [2.45, 2.75) is 6.04 Å². The van der Waals surface area contributed by atoms with E-state index in [1.807, 2.05) is 9.80 Å². The highest BCUT2D eigenvalue weighted by atomic mass is 35.5. The molecule has 144 valence electrons. The third-order valence-electron chi connectivity index (χ3n) is 4.31. The Morgan fingerprint density at radius 1 is 1.22 bits per heavy atom. The predicted octanol–water partition coefficient (Wildman–Crippen LogP) is 3.15. The van der Waals surface area contributed by atoms with Crippen LogP contribution in [0.2, 0.25) is 5.02 Å². The van der Waals surface area contributed by atoms with Gasteiger partial charge in [-0.3, -0.25) is 9.80 Å². The molecule has 0 bridgehead atoms. The van der Waals surface area contributed by atoms with Crippen molar-refractivity contribution in [3.05, 3.63) is 70.6 Å². The number of hydrogen-bond acceptors (Lipinski definition) is 5. The van der Waals surface area contributed by atoms with Gasteiger partial charge in [-0.25, -0.2) is 4.79 Å². The lowest BCUT2D eigenvalue weighted by Gasteiger charge is -2.39. The molecule has 0 radical (unpaired) electrons. The van der Waals surface area contributed by atoms with E-state index in [0.717, 1.165) is 0 Å². The summed E-state index contributed by atoms with van der Waals surface area (Å²) in [7, 11) is 0. The van der Waals surface area contributed by atoms with Gasteiger partial charge >= 0.3 is 5.97 Å². The summed E-state index contributed by atoms with van der Waals surface area (Å²) < 4.78 is 75.9. The minimum atomic E-state index is -2.73. The second-order valence-corrected chi connectivity index (χ2v) is 6.39. The number of halogens is 1. The smallest absolute Gasteiger partial charge is 0.329 e. The maximum atomic E-state index is 11.3. The lowest BCUT2D eigenvalue weighted by Crippen LogP contribution is -2.48. The number of hydrogen-bond donors (Lipinski definition) is 1. The van der Waals surface area contributed by atoms with Crippen molar-refractivity contribution in [3.63, 3.8) is 0 Å².